The number of nitrogens with zero attached hydrogens (tertiary/aromatic N) is 1. The number of carbonyl (C=O) groups excluding carboxylic acids is 2. The van der Waals surface area contributed by atoms with Crippen molar-refractivity contribution in [2.24, 2.45) is 0 Å². The molecule has 1 aliphatic carbocycles. The fourth-order valence-electron chi connectivity index (χ4n) is 0.829. The second-order valence-corrected chi connectivity index (χ2v) is 2.44. The van der Waals surface area contributed by atoms with Crippen LogP contribution >= 0.6 is 0 Å². The van der Waals surface area contributed by atoms with Gasteiger partial charge in [-0.15, -0.1) is 0 Å². The highest BCUT2D eigenvalue weighted by atomic mass is 16.6. The molecule has 0 atom stereocenters. The van der Waals surface area contributed by atoms with Crippen molar-refractivity contribution in [3.63, 3.8) is 0 Å². The number of carbonyl (C=O) groups is 2. The smallest absolute Gasteiger partial charge is 0.416 e. The molecule has 4 nitrogen and oxygen atoms in total. The maximum absolute atomic E-state index is 10.9. The van der Waals surface area contributed by atoms with E-state index in [0.717, 1.165) is 17.7 Å². The van der Waals surface area contributed by atoms with E-state index >= 15 is 0 Å². The zero-order valence-corrected chi connectivity index (χ0v) is 6.45. The van der Waals surface area contributed by atoms with E-state index in [0.29, 0.717) is 13.0 Å². The van der Waals surface area contributed by atoms with Gasteiger partial charge < -0.3 is 4.74 Å². The molecule has 0 N–H and O–H groups in total. The van der Waals surface area contributed by atoms with Crippen LogP contribution in [0, 0.1) is 0 Å². The fourth-order valence-corrected chi connectivity index (χ4v) is 0.829. The molecule has 2 amide bonds. The van der Waals surface area contributed by atoms with Gasteiger partial charge in [0.05, 0.1) is 6.61 Å². The predicted octanol–water partition coefficient (Wildman–Crippen LogP) is 0.764. The second kappa shape index (κ2) is 3.37. The molecular formula is C7H11NO3. The minimum atomic E-state index is -0.523. The molecule has 0 heterocycles. The molecule has 0 spiro atoms. The lowest BCUT2D eigenvalue weighted by Crippen LogP contribution is -2.32. The first-order chi connectivity index (χ1) is 5.29. The Bertz CT molecular complexity index is 165. The summed E-state index contributed by atoms with van der Waals surface area (Å²) in [6, 6.07) is 0.103. The van der Waals surface area contributed by atoms with Crippen molar-refractivity contribution in [1.82, 2.24) is 4.90 Å². The van der Waals surface area contributed by atoms with Crippen LogP contribution in [-0.2, 0) is 9.53 Å². The third-order valence-electron chi connectivity index (χ3n) is 1.53. The van der Waals surface area contributed by atoms with Crippen LogP contribution in [-0.4, -0.2) is 30.1 Å². The Hall–Kier alpha value is -1.06. The summed E-state index contributed by atoms with van der Waals surface area (Å²) in [7, 11) is 0. The molecule has 0 aromatic carbocycles. The molecule has 0 radical (unpaired) electrons. The van der Waals surface area contributed by atoms with Crippen LogP contribution in [0.2, 0.25) is 0 Å². The van der Waals surface area contributed by atoms with Gasteiger partial charge in [-0.05, 0) is 19.8 Å². The van der Waals surface area contributed by atoms with Crippen molar-refractivity contribution in [2.45, 2.75) is 25.8 Å². The van der Waals surface area contributed by atoms with Gasteiger partial charge in [0, 0.05) is 6.04 Å². The van der Waals surface area contributed by atoms with Crippen molar-refractivity contribution in [2.75, 3.05) is 6.61 Å². The minimum Gasteiger partial charge on any atom is -0.449 e. The SMILES string of the molecule is CCOC(=O)N(C=O)C1CC1. The van der Waals surface area contributed by atoms with Crippen LogP contribution < -0.4 is 0 Å². The Balaban J connectivity index is 2.39. The van der Waals surface area contributed by atoms with Gasteiger partial charge in [-0.3, -0.25) is 4.79 Å². The Kier molecular flexibility index (Phi) is 2.46. The van der Waals surface area contributed by atoms with Crippen LogP contribution in [0.5, 0.6) is 0 Å². The Morgan fingerprint density at radius 1 is 1.73 bits per heavy atom. The summed E-state index contributed by atoms with van der Waals surface area (Å²) >= 11 is 0. The molecule has 11 heavy (non-hydrogen) atoms. The monoisotopic (exact) mass is 157 g/mol. The summed E-state index contributed by atoms with van der Waals surface area (Å²) in [5.41, 5.74) is 0. The van der Waals surface area contributed by atoms with E-state index in [1.807, 2.05) is 0 Å². The molecule has 1 rings (SSSR count). The van der Waals surface area contributed by atoms with Gasteiger partial charge in [0.2, 0.25) is 6.41 Å². The van der Waals surface area contributed by atoms with Gasteiger partial charge in [-0.1, -0.05) is 0 Å². The van der Waals surface area contributed by atoms with E-state index < -0.39 is 6.09 Å². The summed E-state index contributed by atoms with van der Waals surface area (Å²) in [6.07, 6.45) is 1.84. The van der Waals surface area contributed by atoms with Crippen LogP contribution in [0.15, 0.2) is 0 Å². The molecule has 0 aromatic heterocycles. The predicted molar refractivity (Wildman–Crippen MR) is 37.9 cm³/mol. The van der Waals surface area contributed by atoms with Gasteiger partial charge in [0.1, 0.15) is 0 Å². The van der Waals surface area contributed by atoms with E-state index in [4.69, 9.17) is 0 Å². The highest BCUT2D eigenvalue weighted by Gasteiger charge is 2.33. The van der Waals surface area contributed by atoms with Crippen molar-refractivity contribution in [3.8, 4) is 0 Å². The second-order valence-electron chi connectivity index (χ2n) is 2.44. The van der Waals surface area contributed by atoms with Crippen LogP contribution in [0.1, 0.15) is 19.8 Å². The number of ether oxygens (including phenoxy) is 1. The van der Waals surface area contributed by atoms with Gasteiger partial charge in [0.25, 0.3) is 0 Å². The average Bonchev–Trinajstić information content (AvgIpc) is 2.73. The van der Waals surface area contributed by atoms with E-state index in [-0.39, 0.29) is 6.04 Å². The van der Waals surface area contributed by atoms with Gasteiger partial charge in [-0.2, -0.15) is 0 Å². The average molecular weight is 157 g/mol. The van der Waals surface area contributed by atoms with Crippen LogP contribution in [0.4, 0.5) is 4.79 Å². The normalized spacial score (nSPS) is 15.7. The highest BCUT2D eigenvalue weighted by molar-refractivity contribution is 5.81. The largest absolute Gasteiger partial charge is 0.449 e. The van der Waals surface area contributed by atoms with Crippen molar-refractivity contribution >= 4 is 12.5 Å². The molecule has 1 aliphatic rings. The summed E-state index contributed by atoms with van der Waals surface area (Å²) < 4.78 is 4.65. The van der Waals surface area contributed by atoms with Crippen LogP contribution in [0.3, 0.4) is 0 Å². The number of hydrogen-bond donors (Lipinski definition) is 0. The first-order valence-corrected chi connectivity index (χ1v) is 3.70. The van der Waals surface area contributed by atoms with Crippen LogP contribution in [0.25, 0.3) is 0 Å². The van der Waals surface area contributed by atoms with Crippen molar-refractivity contribution < 1.29 is 14.3 Å². The number of hydrogen-bond acceptors (Lipinski definition) is 3. The van der Waals surface area contributed by atoms with E-state index in [1.165, 1.54) is 0 Å². The third-order valence-corrected chi connectivity index (χ3v) is 1.53. The van der Waals surface area contributed by atoms with E-state index in [1.54, 1.807) is 6.92 Å². The molecule has 0 unspecified atom stereocenters. The van der Waals surface area contributed by atoms with E-state index in [9.17, 15) is 9.59 Å². The third kappa shape index (κ3) is 1.93. The molecule has 62 valence electrons. The lowest BCUT2D eigenvalue weighted by Gasteiger charge is -2.12. The first-order valence-electron chi connectivity index (χ1n) is 3.70. The molecule has 0 aliphatic heterocycles. The van der Waals surface area contributed by atoms with Crippen molar-refractivity contribution in [1.29, 1.82) is 0 Å². The van der Waals surface area contributed by atoms with E-state index in [2.05, 4.69) is 4.74 Å². The molecule has 0 bridgehead atoms. The Morgan fingerprint density at radius 3 is 2.73 bits per heavy atom. The number of amides is 2. The number of rotatable bonds is 3. The zero-order valence-electron chi connectivity index (χ0n) is 6.45. The molecule has 0 aromatic rings. The summed E-state index contributed by atoms with van der Waals surface area (Å²) in [5.74, 6) is 0. The summed E-state index contributed by atoms with van der Waals surface area (Å²) in [6.45, 7) is 2.03. The first kappa shape index (κ1) is 8.04. The van der Waals surface area contributed by atoms with Gasteiger partial charge in [-0.25, -0.2) is 9.69 Å². The quantitative estimate of drug-likeness (QED) is 0.568. The molecule has 0 saturated heterocycles. The van der Waals surface area contributed by atoms with Crippen molar-refractivity contribution in [3.05, 3.63) is 0 Å². The Morgan fingerprint density at radius 2 is 2.36 bits per heavy atom. The standard InChI is InChI=1S/C7H11NO3/c1-2-11-7(10)8(5-9)6-3-4-6/h5-6H,2-4H2,1H3. The lowest BCUT2D eigenvalue weighted by atomic mass is 10.6. The zero-order chi connectivity index (χ0) is 8.27. The van der Waals surface area contributed by atoms with Gasteiger partial charge in [0.15, 0.2) is 0 Å². The van der Waals surface area contributed by atoms with Gasteiger partial charge >= 0.3 is 6.09 Å². The maximum atomic E-state index is 10.9. The maximum Gasteiger partial charge on any atom is 0.416 e. The minimum absolute atomic E-state index is 0.103. The molecular weight excluding hydrogens is 146 g/mol. The molecule has 1 saturated carbocycles. The molecule has 4 heteroatoms. The summed E-state index contributed by atoms with van der Waals surface area (Å²) in [4.78, 5) is 22.4. The topological polar surface area (TPSA) is 46.6 Å². The summed E-state index contributed by atoms with van der Waals surface area (Å²) in [5, 5.41) is 0. The fraction of sp³-hybridized carbons (Fsp3) is 0.714. The Labute approximate surface area is 65.1 Å². The number of imide groups is 1. The molecule has 1 fully saturated rings. The lowest BCUT2D eigenvalue weighted by molar-refractivity contribution is -0.117. The highest BCUT2D eigenvalue weighted by Crippen LogP contribution is 2.25.